The summed E-state index contributed by atoms with van der Waals surface area (Å²) in [6, 6.07) is 7.34. The van der Waals surface area contributed by atoms with Gasteiger partial charge < -0.3 is 10.1 Å². The molecule has 2 nitrogen and oxygen atoms in total. The number of benzene rings is 1. The van der Waals surface area contributed by atoms with E-state index in [1.165, 1.54) is 30.4 Å². The number of rotatable bonds is 5. The summed E-state index contributed by atoms with van der Waals surface area (Å²) in [6.07, 6.45) is 5.13. The molecule has 0 aromatic heterocycles. The van der Waals surface area contributed by atoms with Crippen LogP contribution < -0.4 is 10.1 Å². The van der Waals surface area contributed by atoms with Gasteiger partial charge in [-0.25, -0.2) is 0 Å². The van der Waals surface area contributed by atoms with Crippen LogP contribution in [0.4, 0.5) is 0 Å². The lowest BCUT2D eigenvalue weighted by Gasteiger charge is -2.21. The van der Waals surface area contributed by atoms with Crippen LogP contribution in [0.5, 0.6) is 5.75 Å². The second-order valence-electron chi connectivity index (χ2n) is 6.02. The van der Waals surface area contributed by atoms with Crippen molar-refractivity contribution in [3.05, 3.63) is 29.3 Å². The molecule has 2 heteroatoms. The Labute approximate surface area is 117 Å². The first-order valence-corrected chi connectivity index (χ1v) is 7.49. The van der Waals surface area contributed by atoms with Crippen LogP contribution in [-0.2, 0) is 6.42 Å². The Hall–Kier alpha value is -1.02. The summed E-state index contributed by atoms with van der Waals surface area (Å²) >= 11 is 0. The molecule has 106 valence electrons. The molecule has 0 heterocycles. The van der Waals surface area contributed by atoms with Gasteiger partial charge in [-0.2, -0.15) is 0 Å². The standard InChI is InChI=1S/C17H27NO/c1-12(2)13-8-9-17(19-4)15(10-13)11-14-6-5-7-16(14)18-3/h8-10,12,14,16,18H,5-7,11H2,1-4H3. The summed E-state index contributed by atoms with van der Waals surface area (Å²) < 4.78 is 5.54. The van der Waals surface area contributed by atoms with Crippen LogP contribution in [0.3, 0.4) is 0 Å². The smallest absolute Gasteiger partial charge is 0.122 e. The van der Waals surface area contributed by atoms with Crippen molar-refractivity contribution < 1.29 is 4.74 Å². The second kappa shape index (κ2) is 6.42. The van der Waals surface area contributed by atoms with Gasteiger partial charge in [0.05, 0.1) is 7.11 Å². The zero-order chi connectivity index (χ0) is 13.8. The van der Waals surface area contributed by atoms with E-state index in [-0.39, 0.29) is 0 Å². The SMILES string of the molecule is CNC1CCCC1Cc1cc(C(C)C)ccc1OC. The minimum Gasteiger partial charge on any atom is -0.496 e. The summed E-state index contributed by atoms with van der Waals surface area (Å²) in [5.41, 5.74) is 2.79. The third-order valence-corrected chi connectivity index (χ3v) is 4.48. The summed E-state index contributed by atoms with van der Waals surface area (Å²) in [7, 11) is 3.86. The molecule has 1 aliphatic carbocycles. The molecular formula is C17H27NO. The molecule has 0 spiro atoms. The summed E-state index contributed by atoms with van der Waals surface area (Å²) in [5.74, 6) is 2.38. The Balaban J connectivity index is 2.19. The van der Waals surface area contributed by atoms with E-state index >= 15 is 0 Å². The van der Waals surface area contributed by atoms with Gasteiger partial charge in [0.1, 0.15) is 5.75 Å². The van der Waals surface area contributed by atoms with Gasteiger partial charge in [-0.15, -0.1) is 0 Å². The van der Waals surface area contributed by atoms with E-state index in [4.69, 9.17) is 4.74 Å². The largest absolute Gasteiger partial charge is 0.496 e. The maximum Gasteiger partial charge on any atom is 0.122 e. The first-order valence-electron chi connectivity index (χ1n) is 7.49. The number of ether oxygens (including phenoxy) is 1. The first-order chi connectivity index (χ1) is 9.15. The van der Waals surface area contributed by atoms with Crippen LogP contribution in [-0.4, -0.2) is 20.2 Å². The van der Waals surface area contributed by atoms with E-state index < -0.39 is 0 Å². The quantitative estimate of drug-likeness (QED) is 0.871. The van der Waals surface area contributed by atoms with Gasteiger partial charge in [0.15, 0.2) is 0 Å². The van der Waals surface area contributed by atoms with Crippen LogP contribution in [0.15, 0.2) is 18.2 Å². The zero-order valence-corrected chi connectivity index (χ0v) is 12.7. The van der Waals surface area contributed by atoms with Crippen LogP contribution in [0.1, 0.15) is 50.2 Å². The van der Waals surface area contributed by atoms with Gasteiger partial charge in [0.2, 0.25) is 0 Å². The maximum absolute atomic E-state index is 5.54. The first kappa shape index (κ1) is 14.4. The number of hydrogen-bond acceptors (Lipinski definition) is 2. The van der Waals surface area contributed by atoms with Gasteiger partial charge in [0.25, 0.3) is 0 Å². The van der Waals surface area contributed by atoms with Crippen molar-refractivity contribution in [1.29, 1.82) is 0 Å². The van der Waals surface area contributed by atoms with E-state index in [0.29, 0.717) is 12.0 Å². The predicted octanol–water partition coefficient (Wildman–Crippen LogP) is 3.75. The fourth-order valence-corrected chi connectivity index (χ4v) is 3.26. The Bertz CT molecular complexity index is 414. The highest BCUT2D eigenvalue weighted by Gasteiger charge is 2.26. The fourth-order valence-electron chi connectivity index (χ4n) is 3.26. The van der Waals surface area contributed by atoms with Gasteiger partial charge in [0, 0.05) is 6.04 Å². The van der Waals surface area contributed by atoms with Crippen molar-refractivity contribution >= 4 is 0 Å². The van der Waals surface area contributed by atoms with Crippen molar-refractivity contribution in [1.82, 2.24) is 5.32 Å². The van der Waals surface area contributed by atoms with Crippen LogP contribution in [0, 0.1) is 5.92 Å². The predicted molar refractivity (Wildman–Crippen MR) is 81.0 cm³/mol. The Morgan fingerprint density at radius 1 is 1.32 bits per heavy atom. The zero-order valence-electron chi connectivity index (χ0n) is 12.7. The minimum atomic E-state index is 0.577. The molecule has 1 saturated carbocycles. The molecule has 0 radical (unpaired) electrons. The van der Waals surface area contributed by atoms with Gasteiger partial charge in [-0.1, -0.05) is 32.4 Å². The molecule has 1 fully saturated rings. The van der Waals surface area contributed by atoms with Crippen LogP contribution in [0.25, 0.3) is 0 Å². The fraction of sp³-hybridized carbons (Fsp3) is 0.647. The average Bonchev–Trinajstić information content (AvgIpc) is 2.85. The molecule has 1 aromatic rings. The van der Waals surface area contributed by atoms with Crippen molar-refractivity contribution in [3.8, 4) is 5.75 Å². The third kappa shape index (κ3) is 3.30. The number of nitrogens with one attached hydrogen (secondary N) is 1. The summed E-state index contributed by atoms with van der Waals surface area (Å²) in [4.78, 5) is 0. The lowest BCUT2D eigenvalue weighted by molar-refractivity contribution is 0.389. The summed E-state index contributed by atoms with van der Waals surface area (Å²) in [6.45, 7) is 4.50. The Morgan fingerprint density at radius 2 is 2.11 bits per heavy atom. The number of hydrogen-bond donors (Lipinski definition) is 1. The van der Waals surface area contributed by atoms with E-state index in [1.807, 2.05) is 0 Å². The maximum atomic E-state index is 5.54. The van der Waals surface area contributed by atoms with Gasteiger partial charge in [-0.3, -0.25) is 0 Å². The van der Waals surface area contributed by atoms with Crippen molar-refractivity contribution in [2.24, 2.45) is 5.92 Å². The minimum absolute atomic E-state index is 0.577. The molecule has 0 amide bonds. The monoisotopic (exact) mass is 261 g/mol. The van der Waals surface area contributed by atoms with Crippen molar-refractivity contribution in [3.63, 3.8) is 0 Å². The lowest BCUT2D eigenvalue weighted by atomic mass is 9.91. The molecule has 0 aliphatic heterocycles. The van der Waals surface area contributed by atoms with Gasteiger partial charge >= 0.3 is 0 Å². The summed E-state index contributed by atoms with van der Waals surface area (Å²) in [5, 5.41) is 3.47. The highest BCUT2D eigenvalue weighted by molar-refractivity contribution is 5.38. The average molecular weight is 261 g/mol. The second-order valence-corrected chi connectivity index (χ2v) is 6.02. The van der Waals surface area contributed by atoms with Crippen molar-refractivity contribution in [2.45, 2.75) is 51.5 Å². The van der Waals surface area contributed by atoms with E-state index in [0.717, 1.165) is 18.1 Å². The lowest BCUT2D eigenvalue weighted by Crippen LogP contribution is -2.30. The molecule has 1 N–H and O–H groups in total. The molecule has 0 bridgehead atoms. The molecule has 2 atom stereocenters. The topological polar surface area (TPSA) is 21.3 Å². The Kier molecular flexibility index (Phi) is 4.87. The van der Waals surface area contributed by atoms with E-state index in [1.54, 1.807) is 7.11 Å². The molecule has 2 unspecified atom stereocenters. The Morgan fingerprint density at radius 3 is 2.74 bits per heavy atom. The molecule has 1 aromatic carbocycles. The van der Waals surface area contributed by atoms with E-state index in [2.05, 4.69) is 44.4 Å². The molecular weight excluding hydrogens is 234 g/mol. The normalized spacial score (nSPS) is 23.0. The van der Waals surface area contributed by atoms with Crippen LogP contribution in [0.2, 0.25) is 0 Å². The van der Waals surface area contributed by atoms with Crippen LogP contribution >= 0.6 is 0 Å². The molecule has 2 rings (SSSR count). The molecule has 1 aliphatic rings. The van der Waals surface area contributed by atoms with E-state index in [9.17, 15) is 0 Å². The number of methoxy groups -OCH3 is 1. The van der Waals surface area contributed by atoms with Crippen molar-refractivity contribution in [2.75, 3.05) is 14.2 Å². The highest BCUT2D eigenvalue weighted by Crippen LogP contribution is 2.33. The molecule has 19 heavy (non-hydrogen) atoms. The highest BCUT2D eigenvalue weighted by atomic mass is 16.5. The third-order valence-electron chi connectivity index (χ3n) is 4.48. The molecule has 0 saturated heterocycles. The van der Waals surface area contributed by atoms with Gasteiger partial charge in [-0.05, 0) is 55.3 Å².